The largest absolute Gasteiger partial charge is 0.546 e. The van der Waals surface area contributed by atoms with E-state index in [4.69, 9.17) is 20.0 Å². The van der Waals surface area contributed by atoms with Crippen LogP contribution in [0.15, 0.2) is 48.8 Å². The van der Waals surface area contributed by atoms with Gasteiger partial charge in [-0.2, -0.15) is 5.10 Å². The molecule has 3 aromatic heterocycles. The molecule has 284 valence electrons. The Labute approximate surface area is 316 Å². The van der Waals surface area contributed by atoms with Crippen molar-refractivity contribution in [3.63, 3.8) is 0 Å². The highest BCUT2D eigenvalue weighted by molar-refractivity contribution is 6.55. The van der Waals surface area contributed by atoms with Gasteiger partial charge in [0.05, 0.1) is 24.2 Å². The molecule has 11 heteroatoms. The van der Waals surface area contributed by atoms with E-state index in [2.05, 4.69) is 91.7 Å². The lowest BCUT2D eigenvalue weighted by Gasteiger charge is -2.38. The van der Waals surface area contributed by atoms with Crippen LogP contribution in [-0.4, -0.2) is 57.9 Å². The molecule has 1 amide bonds. The summed E-state index contributed by atoms with van der Waals surface area (Å²) < 4.78 is 14.3. The van der Waals surface area contributed by atoms with Gasteiger partial charge in [-0.25, -0.2) is 19.4 Å². The van der Waals surface area contributed by atoms with Crippen molar-refractivity contribution in [2.24, 2.45) is 0 Å². The Morgan fingerprint density at radius 1 is 0.925 bits per heavy atom. The van der Waals surface area contributed by atoms with Crippen LogP contribution >= 0.6 is 0 Å². The Morgan fingerprint density at radius 3 is 2.38 bits per heavy atom. The van der Waals surface area contributed by atoms with Gasteiger partial charge in [-0.3, -0.25) is 0 Å². The number of aromatic amines is 1. The summed E-state index contributed by atoms with van der Waals surface area (Å²) >= 11 is 0. The summed E-state index contributed by atoms with van der Waals surface area (Å²) in [6.45, 7) is 13.6. The predicted octanol–water partition coefficient (Wildman–Crippen LogP) is 9.94. The zero-order chi connectivity index (χ0) is 37.4. The summed E-state index contributed by atoms with van der Waals surface area (Å²) in [7, 11) is -1.58. The quantitative estimate of drug-likeness (QED) is 0.0678. The molecule has 0 saturated heterocycles. The van der Waals surface area contributed by atoms with Gasteiger partial charge < -0.3 is 24.8 Å². The van der Waals surface area contributed by atoms with E-state index in [9.17, 15) is 4.79 Å². The third-order valence-corrected chi connectivity index (χ3v) is 14.5. The van der Waals surface area contributed by atoms with Crippen molar-refractivity contribution >= 4 is 42.9 Å². The van der Waals surface area contributed by atoms with Crippen LogP contribution in [0.1, 0.15) is 115 Å². The van der Waals surface area contributed by atoms with Gasteiger partial charge in [0.2, 0.25) is 9.04 Å². The first-order valence-electron chi connectivity index (χ1n) is 20.1. The maximum absolute atomic E-state index is 12.6. The van der Waals surface area contributed by atoms with Crippen molar-refractivity contribution in [3.8, 4) is 17.1 Å². The first-order valence-corrected chi connectivity index (χ1v) is 22.3. The van der Waals surface area contributed by atoms with Crippen LogP contribution in [0.3, 0.4) is 0 Å². The average molecular weight is 738 g/mol. The number of unbranched alkanes of at least 4 members (excludes halogenated alkanes) is 4. The molecule has 6 rings (SSSR count). The number of rotatable bonds is 18. The standard InChI is InChI=1S/C42H59N7O3Si/c1-6-10-19-42(20-11-7-2,21-12-8-3)53(5)52-34-16-17-35-33(25-34)26-36(46-35)38-37-39(43)44-29-45-40(37)49(47-38)27-30-14-15-32-28-48(22-18-31(32)24-30)41(50)51-23-13-9-4/h14-17,24-26,29,46,53H,6-13,18-23,27-28H2,1-5H3,(H2,43,44,45). The van der Waals surface area contributed by atoms with E-state index in [0.717, 1.165) is 63.8 Å². The Balaban J connectivity index is 1.23. The molecule has 53 heavy (non-hydrogen) atoms. The molecule has 5 aromatic rings. The van der Waals surface area contributed by atoms with Gasteiger partial charge in [-0.1, -0.05) is 90.8 Å². The fourth-order valence-corrected chi connectivity index (χ4v) is 10.6. The minimum atomic E-state index is -1.58. The number of fused-ring (bicyclic) bond motifs is 3. The lowest BCUT2D eigenvalue weighted by molar-refractivity contribution is 0.0966. The van der Waals surface area contributed by atoms with Crippen molar-refractivity contribution in [2.75, 3.05) is 18.9 Å². The van der Waals surface area contributed by atoms with Crippen molar-refractivity contribution in [1.82, 2.24) is 29.6 Å². The van der Waals surface area contributed by atoms with Gasteiger partial charge in [-0.05, 0) is 84.6 Å². The third kappa shape index (κ3) is 8.72. The Kier molecular flexibility index (Phi) is 12.8. The Morgan fingerprint density at radius 2 is 1.66 bits per heavy atom. The number of carbonyl (C=O) groups is 1. The zero-order valence-electron chi connectivity index (χ0n) is 32.5. The SMILES string of the molecule is CCCCOC(=O)N1CCc2cc(Cn3nc(-c4cc5cc(O[SiH](C)C(CCCC)(CCCC)CCCC)ccc5[nH]4)c4c(N)ncnc43)ccc2C1. The average Bonchev–Trinajstić information content (AvgIpc) is 3.76. The number of aromatic nitrogens is 5. The van der Waals surface area contributed by atoms with Crippen molar-refractivity contribution in [2.45, 2.75) is 129 Å². The Bertz CT molecular complexity index is 1970. The summed E-state index contributed by atoms with van der Waals surface area (Å²) in [5.74, 6) is 1.36. The second-order valence-corrected chi connectivity index (χ2v) is 17.8. The molecular formula is C42H59N7O3Si. The van der Waals surface area contributed by atoms with Crippen LogP contribution in [0.25, 0.3) is 33.3 Å². The lowest BCUT2D eigenvalue weighted by atomic mass is 9.89. The number of nitrogens with one attached hydrogen (secondary N) is 1. The molecule has 1 aliphatic rings. The first kappa shape index (κ1) is 38.3. The highest BCUT2D eigenvalue weighted by atomic mass is 28.3. The van der Waals surface area contributed by atoms with Crippen LogP contribution in [0.4, 0.5) is 10.6 Å². The minimum absolute atomic E-state index is 0.229. The van der Waals surface area contributed by atoms with E-state index in [-0.39, 0.29) is 6.09 Å². The van der Waals surface area contributed by atoms with Crippen molar-refractivity contribution < 1.29 is 14.0 Å². The number of hydrogen-bond acceptors (Lipinski definition) is 7. The number of hydrogen-bond donors (Lipinski definition) is 2. The summed E-state index contributed by atoms with van der Waals surface area (Å²) in [6, 6.07) is 15.0. The van der Waals surface area contributed by atoms with Gasteiger partial charge in [0, 0.05) is 24.0 Å². The maximum atomic E-state index is 12.6. The molecule has 0 radical (unpaired) electrons. The number of amides is 1. The maximum Gasteiger partial charge on any atom is 0.410 e. The van der Waals surface area contributed by atoms with Gasteiger partial charge in [0.25, 0.3) is 0 Å². The lowest BCUT2D eigenvalue weighted by Crippen LogP contribution is -2.36. The number of benzene rings is 2. The molecule has 1 atom stereocenters. The van der Waals surface area contributed by atoms with Crippen molar-refractivity contribution in [3.05, 3.63) is 65.5 Å². The van der Waals surface area contributed by atoms with E-state index in [1.54, 1.807) is 4.90 Å². The summed E-state index contributed by atoms with van der Waals surface area (Å²) in [4.78, 5) is 27.0. The van der Waals surface area contributed by atoms with Gasteiger partial charge >= 0.3 is 6.09 Å². The molecule has 3 N–H and O–H groups in total. The third-order valence-electron chi connectivity index (χ3n) is 11.3. The van der Waals surface area contributed by atoms with E-state index in [0.29, 0.717) is 42.7 Å². The van der Waals surface area contributed by atoms with Crippen LogP contribution in [0.5, 0.6) is 5.75 Å². The van der Waals surface area contributed by atoms with Crippen LogP contribution < -0.4 is 10.2 Å². The van der Waals surface area contributed by atoms with E-state index >= 15 is 0 Å². The Hall–Kier alpha value is -4.38. The monoisotopic (exact) mass is 737 g/mol. The molecule has 2 aromatic carbocycles. The molecule has 0 aliphatic carbocycles. The molecular weight excluding hydrogens is 679 g/mol. The summed E-state index contributed by atoms with van der Waals surface area (Å²) in [6.07, 6.45) is 15.2. The number of anilines is 1. The predicted molar refractivity (Wildman–Crippen MR) is 218 cm³/mol. The fraction of sp³-hybridized carbons (Fsp3) is 0.524. The van der Waals surface area contributed by atoms with Gasteiger partial charge in [0.1, 0.15) is 23.6 Å². The highest BCUT2D eigenvalue weighted by Crippen LogP contribution is 2.47. The summed E-state index contributed by atoms with van der Waals surface area (Å²) in [5.41, 5.74) is 13.3. The summed E-state index contributed by atoms with van der Waals surface area (Å²) in [5, 5.41) is 7.23. The van der Waals surface area contributed by atoms with E-state index in [1.807, 2.05) is 4.68 Å². The molecule has 10 nitrogen and oxygen atoms in total. The highest BCUT2D eigenvalue weighted by Gasteiger charge is 2.38. The van der Waals surface area contributed by atoms with Crippen LogP contribution in [0, 0.1) is 0 Å². The zero-order valence-corrected chi connectivity index (χ0v) is 33.7. The van der Waals surface area contributed by atoms with Crippen LogP contribution in [-0.2, 0) is 24.2 Å². The fourth-order valence-electron chi connectivity index (χ4n) is 7.97. The second-order valence-electron chi connectivity index (χ2n) is 15.1. The normalized spacial score (nSPS) is 13.8. The van der Waals surface area contributed by atoms with Crippen molar-refractivity contribution in [1.29, 1.82) is 0 Å². The molecule has 0 saturated carbocycles. The minimum Gasteiger partial charge on any atom is -0.546 e. The van der Waals surface area contributed by atoms with E-state index < -0.39 is 9.04 Å². The van der Waals surface area contributed by atoms with E-state index in [1.165, 1.54) is 69.7 Å². The molecule has 0 bridgehead atoms. The van der Waals surface area contributed by atoms with Gasteiger partial charge in [-0.15, -0.1) is 0 Å². The first-order chi connectivity index (χ1) is 25.8. The number of nitrogens with two attached hydrogens (primary N) is 1. The molecule has 0 spiro atoms. The molecule has 4 heterocycles. The molecule has 0 fully saturated rings. The topological polar surface area (TPSA) is 124 Å². The number of carbonyl (C=O) groups excluding carboxylic acids is 1. The number of ether oxygens (including phenoxy) is 1. The molecule has 1 aliphatic heterocycles. The second kappa shape index (κ2) is 17.6. The van der Waals surface area contributed by atoms with Crippen LogP contribution in [0.2, 0.25) is 11.6 Å². The number of nitrogens with zero attached hydrogens (tertiary/aromatic N) is 5. The number of H-pyrrole nitrogens is 1. The van der Waals surface area contributed by atoms with Gasteiger partial charge in [0.15, 0.2) is 5.65 Å². The number of nitrogen functional groups attached to an aromatic ring is 1. The smallest absolute Gasteiger partial charge is 0.410 e. The molecule has 1 unspecified atom stereocenters.